The van der Waals surface area contributed by atoms with Crippen LogP contribution in [0.4, 0.5) is 8.78 Å². The second kappa shape index (κ2) is 11.2. The molecule has 0 amide bonds. The van der Waals surface area contributed by atoms with Crippen LogP contribution in [0, 0.1) is 0 Å². The van der Waals surface area contributed by atoms with Crippen LogP contribution in [-0.4, -0.2) is 36.5 Å². The van der Waals surface area contributed by atoms with Crippen LogP contribution in [0.5, 0.6) is 5.75 Å². The van der Waals surface area contributed by atoms with Gasteiger partial charge in [0.05, 0.1) is 23.1 Å². The van der Waals surface area contributed by atoms with Gasteiger partial charge in [-0.25, -0.2) is 0 Å². The third-order valence-electron chi connectivity index (χ3n) is 7.88. The van der Waals surface area contributed by atoms with E-state index in [9.17, 15) is 17.2 Å². The van der Waals surface area contributed by atoms with Crippen LogP contribution in [0.15, 0.2) is 87.5 Å². The van der Waals surface area contributed by atoms with Crippen LogP contribution >= 0.6 is 0 Å². The smallest absolute Gasteiger partial charge is 0.405 e. The van der Waals surface area contributed by atoms with Gasteiger partial charge >= 0.3 is 15.4 Å². The highest BCUT2D eigenvalue weighted by Gasteiger charge is 2.51. The molecule has 1 aliphatic heterocycles. The Morgan fingerprint density at radius 2 is 1.48 bits per heavy atom. The molecule has 2 aliphatic rings. The van der Waals surface area contributed by atoms with Crippen molar-refractivity contribution in [2.75, 3.05) is 0 Å². The molecule has 4 unspecified atom stereocenters. The predicted molar refractivity (Wildman–Crippen MR) is 158 cm³/mol. The van der Waals surface area contributed by atoms with E-state index in [1.165, 1.54) is 17.7 Å². The molecule has 1 aliphatic carbocycles. The molecule has 0 radical (unpaired) electrons. The molecule has 6 nitrogen and oxygen atoms in total. The van der Waals surface area contributed by atoms with Crippen LogP contribution in [0.1, 0.15) is 65.0 Å². The minimum Gasteiger partial charge on any atom is -0.483 e. The van der Waals surface area contributed by atoms with Gasteiger partial charge in [0.2, 0.25) is 0 Å². The van der Waals surface area contributed by atoms with E-state index in [4.69, 9.17) is 18.8 Å². The standard InChI is InChI=1S/C32H36F2O6S2/c1-21(32(33,34)42(35,36)37)38-24-14-18-26(19-15-24)41(25-16-12-22(13-17-25)30(2,3)4)27-9-6-8-23(20-27)31(5)39-28-10-7-11-29(28)40-31/h6,8-9,12-21,28-29H,7,10-11H2,1-5H3/p+1. The summed E-state index contributed by atoms with van der Waals surface area (Å²) in [5.74, 6) is -0.787. The Bertz CT molecular complexity index is 1510. The predicted octanol–water partition coefficient (Wildman–Crippen LogP) is 7.47. The van der Waals surface area contributed by atoms with Crippen molar-refractivity contribution in [2.24, 2.45) is 0 Å². The number of fused-ring (bicyclic) bond motifs is 1. The summed E-state index contributed by atoms with van der Waals surface area (Å²) < 4.78 is 77.4. The number of rotatable bonds is 8. The molecule has 0 aromatic heterocycles. The summed E-state index contributed by atoms with van der Waals surface area (Å²) in [5.41, 5.74) is 2.12. The molecular weight excluding hydrogens is 582 g/mol. The largest absolute Gasteiger partial charge is 0.483 e. The number of benzene rings is 3. The number of hydrogen-bond donors (Lipinski definition) is 1. The Balaban J connectivity index is 1.49. The number of alkyl halides is 2. The van der Waals surface area contributed by atoms with Crippen molar-refractivity contribution in [3.8, 4) is 5.75 Å². The summed E-state index contributed by atoms with van der Waals surface area (Å²) in [5, 5.41) is -4.45. The number of ether oxygens (including phenoxy) is 3. The minimum absolute atomic E-state index is 0.0132. The van der Waals surface area contributed by atoms with Gasteiger partial charge < -0.3 is 14.2 Å². The maximum absolute atomic E-state index is 14.1. The fourth-order valence-electron chi connectivity index (χ4n) is 5.44. The van der Waals surface area contributed by atoms with Crippen LogP contribution in [0.3, 0.4) is 0 Å². The average Bonchev–Trinajstić information content (AvgIpc) is 3.48. The fourth-order valence-corrected chi connectivity index (χ4v) is 8.00. The average molecular weight is 620 g/mol. The summed E-state index contributed by atoms with van der Waals surface area (Å²) in [7, 11) is -6.21. The molecule has 4 atom stereocenters. The second-order valence-corrected chi connectivity index (χ2v) is 15.6. The van der Waals surface area contributed by atoms with Gasteiger partial charge in [-0.15, -0.1) is 0 Å². The first-order valence-corrected chi connectivity index (χ1v) is 16.7. The number of halogens is 2. The summed E-state index contributed by atoms with van der Waals surface area (Å²) in [6.45, 7) is 9.35. The van der Waals surface area contributed by atoms with Crippen molar-refractivity contribution >= 4 is 21.0 Å². The fraction of sp³-hybridized carbons (Fsp3) is 0.438. The molecule has 3 aromatic carbocycles. The van der Waals surface area contributed by atoms with Crippen molar-refractivity contribution in [1.29, 1.82) is 0 Å². The third kappa shape index (κ3) is 6.10. The minimum atomic E-state index is -5.63. The van der Waals surface area contributed by atoms with Crippen molar-refractivity contribution in [1.82, 2.24) is 0 Å². The SMILES string of the molecule is CC(Oc1ccc([S+](c2ccc(C(C)(C)C)cc2)c2cccc(C3(C)OC4CCCC4O3)c2)cc1)C(F)(F)S(=O)(=O)O. The summed E-state index contributed by atoms with van der Waals surface area (Å²) >= 11 is 0. The van der Waals surface area contributed by atoms with Gasteiger partial charge in [0, 0.05) is 11.6 Å². The van der Waals surface area contributed by atoms with Crippen molar-refractivity contribution < 1.29 is 36.0 Å². The van der Waals surface area contributed by atoms with Gasteiger partial charge in [-0.3, -0.25) is 4.55 Å². The highest BCUT2D eigenvalue weighted by Crippen LogP contribution is 2.45. The summed E-state index contributed by atoms with van der Waals surface area (Å²) in [6, 6.07) is 23.3. The van der Waals surface area contributed by atoms with Crippen LogP contribution in [0.2, 0.25) is 0 Å². The molecule has 1 heterocycles. The Morgan fingerprint density at radius 1 is 0.929 bits per heavy atom. The van der Waals surface area contributed by atoms with Crippen LogP contribution in [0.25, 0.3) is 0 Å². The van der Waals surface area contributed by atoms with E-state index in [0.29, 0.717) is 0 Å². The van der Waals surface area contributed by atoms with E-state index in [2.05, 4.69) is 57.2 Å². The first-order chi connectivity index (χ1) is 19.6. The molecule has 1 saturated carbocycles. The van der Waals surface area contributed by atoms with Gasteiger partial charge in [-0.2, -0.15) is 17.2 Å². The van der Waals surface area contributed by atoms with Crippen molar-refractivity contribution in [3.63, 3.8) is 0 Å². The lowest BCUT2D eigenvalue weighted by Gasteiger charge is -2.25. The van der Waals surface area contributed by atoms with E-state index in [-0.39, 0.29) is 23.4 Å². The lowest BCUT2D eigenvalue weighted by Crippen LogP contribution is -2.42. The number of hydrogen-bond acceptors (Lipinski definition) is 5. The zero-order valence-electron chi connectivity index (χ0n) is 24.3. The molecule has 1 N–H and O–H groups in total. The van der Waals surface area contributed by atoms with Crippen LogP contribution < -0.4 is 4.74 Å². The molecule has 5 rings (SSSR count). The van der Waals surface area contributed by atoms with Gasteiger partial charge in [-0.05, 0) is 86.6 Å². The molecular formula is C32H37F2O6S2+. The monoisotopic (exact) mass is 619 g/mol. The Hall–Kier alpha value is -2.50. The second-order valence-electron chi connectivity index (χ2n) is 12.1. The van der Waals surface area contributed by atoms with E-state index in [1.807, 2.05) is 19.1 Å². The third-order valence-corrected chi connectivity index (χ3v) is 11.1. The first-order valence-electron chi connectivity index (χ1n) is 14.0. The lowest BCUT2D eigenvalue weighted by molar-refractivity contribution is -0.174. The molecule has 42 heavy (non-hydrogen) atoms. The zero-order chi connectivity index (χ0) is 30.5. The topological polar surface area (TPSA) is 82.1 Å². The normalized spacial score (nSPS) is 24.3. The van der Waals surface area contributed by atoms with Crippen molar-refractivity contribution in [3.05, 3.63) is 83.9 Å². The Morgan fingerprint density at radius 3 is 2.00 bits per heavy atom. The lowest BCUT2D eigenvalue weighted by atomic mass is 9.87. The van der Waals surface area contributed by atoms with Gasteiger partial charge in [0.25, 0.3) is 0 Å². The van der Waals surface area contributed by atoms with E-state index < -0.39 is 38.2 Å². The van der Waals surface area contributed by atoms with Crippen molar-refractivity contribution in [2.45, 2.75) is 103 Å². The Labute approximate surface area is 249 Å². The molecule has 0 spiro atoms. The summed E-state index contributed by atoms with van der Waals surface area (Å²) in [6.07, 6.45) is 1.20. The highest BCUT2D eigenvalue weighted by molar-refractivity contribution is 7.97. The first kappa shape index (κ1) is 30.9. The summed E-state index contributed by atoms with van der Waals surface area (Å²) in [4.78, 5) is 3.00. The maximum Gasteiger partial charge on any atom is 0.405 e. The van der Waals surface area contributed by atoms with E-state index >= 15 is 0 Å². The van der Waals surface area contributed by atoms with Crippen LogP contribution in [-0.2, 0) is 41.7 Å². The van der Waals surface area contributed by atoms with Gasteiger partial charge in [0.1, 0.15) is 5.75 Å². The Kier molecular flexibility index (Phi) is 8.26. The molecule has 0 bridgehead atoms. The van der Waals surface area contributed by atoms with E-state index in [0.717, 1.165) is 46.4 Å². The van der Waals surface area contributed by atoms with Gasteiger partial charge in [0.15, 0.2) is 26.6 Å². The molecule has 226 valence electrons. The van der Waals surface area contributed by atoms with Gasteiger partial charge in [-0.1, -0.05) is 45.0 Å². The molecule has 3 aromatic rings. The molecule has 1 saturated heterocycles. The maximum atomic E-state index is 14.1. The zero-order valence-corrected chi connectivity index (χ0v) is 26.0. The van der Waals surface area contributed by atoms with E-state index in [1.54, 1.807) is 12.1 Å². The molecule has 2 fully saturated rings. The quantitative estimate of drug-likeness (QED) is 0.208. The highest BCUT2D eigenvalue weighted by atomic mass is 32.2. The molecule has 10 heteroatoms.